The lowest BCUT2D eigenvalue weighted by Crippen LogP contribution is -2.34. The highest BCUT2D eigenvalue weighted by molar-refractivity contribution is 6.28. The maximum absolute atomic E-state index is 11.4. The zero-order valence-electron chi connectivity index (χ0n) is 48.6. The predicted octanol–water partition coefficient (Wildman–Crippen LogP) is 4.26. The van der Waals surface area contributed by atoms with Crippen molar-refractivity contribution in [1.29, 1.82) is 0 Å². The van der Waals surface area contributed by atoms with E-state index in [2.05, 4.69) is 101 Å². The topological polar surface area (TPSA) is 376 Å². The van der Waals surface area contributed by atoms with Gasteiger partial charge in [-0.1, -0.05) is 0 Å². The molecule has 0 spiro atoms. The Balaban J connectivity index is 0.635. The van der Waals surface area contributed by atoms with Crippen LogP contribution in [0.4, 0.5) is 35.4 Å². The molecule has 6 atom stereocenters. The van der Waals surface area contributed by atoms with Gasteiger partial charge in [0.15, 0.2) is 34.0 Å². The summed E-state index contributed by atoms with van der Waals surface area (Å²) in [7, 11) is 0. The van der Waals surface area contributed by atoms with Crippen LogP contribution in [0.5, 0.6) is 0 Å². The molecule has 0 amide bonds. The summed E-state index contributed by atoms with van der Waals surface area (Å²) in [6.45, 7) is 6.57. The number of aryl methyl sites for hydroxylation is 2. The highest BCUT2D eigenvalue weighted by Gasteiger charge is 2.45. The van der Waals surface area contributed by atoms with E-state index < -0.39 is 24.3 Å². The van der Waals surface area contributed by atoms with Crippen LogP contribution in [-0.2, 0) is 39.1 Å². The number of rotatable bonds is 24. The van der Waals surface area contributed by atoms with Crippen molar-refractivity contribution in [3.05, 3.63) is 78.2 Å². The molecule has 32 heteroatoms. The van der Waals surface area contributed by atoms with Crippen LogP contribution >= 0.6 is 11.6 Å². The smallest absolute Gasteiger partial charge is 0.229 e. The van der Waals surface area contributed by atoms with Gasteiger partial charge in [0.1, 0.15) is 29.6 Å². The van der Waals surface area contributed by atoms with Crippen molar-refractivity contribution in [2.75, 3.05) is 45.0 Å². The summed E-state index contributed by atoms with van der Waals surface area (Å²) in [5.74, 6) is 3.01. The van der Waals surface area contributed by atoms with E-state index in [0.29, 0.717) is 83.9 Å². The molecule has 4 saturated carbocycles. The zero-order chi connectivity index (χ0) is 59.5. The second kappa shape index (κ2) is 25.6. The Hall–Kier alpha value is -8.26. The third-order valence-electron chi connectivity index (χ3n) is 17.5. The second-order valence-electron chi connectivity index (χ2n) is 23.2. The fraction of sp³-hybridized carbons (Fsp3) is 0.582. The molecule has 460 valence electrons. The van der Waals surface area contributed by atoms with Crippen molar-refractivity contribution in [2.24, 2.45) is 0 Å². The fourth-order valence-corrected chi connectivity index (χ4v) is 12.9. The first-order valence-corrected chi connectivity index (χ1v) is 30.8. The van der Waals surface area contributed by atoms with Gasteiger partial charge in [-0.2, -0.15) is 64.9 Å². The first-order valence-electron chi connectivity index (χ1n) is 30.4. The summed E-state index contributed by atoms with van der Waals surface area (Å²) >= 11 is 6.58. The monoisotopic (exact) mass is 1210 g/mol. The van der Waals surface area contributed by atoms with Crippen molar-refractivity contribution in [3.8, 4) is 0 Å². The van der Waals surface area contributed by atoms with Crippen LogP contribution in [0, 0.1) is 0 Å². The average Bonchev–Trinajstić information content (AvgIpc) is 2.03. The normalized spacial score (nSPS) is 24.1. The Kier molecular flexibility index (Phi) is 17.0. The van der Waals surface area contributed by atoms with Crippen LogP contribution in [0.2, 0.25) is 5.28 Å². The third-order valence-corrected chi connectivity index (χ3v) is 17.7. The van der Waals surface area contributed by atoms with Crippen LogP contribution in [-0.4, -0.2) is 173 Å². The summed E-state index contributed by atoms with van der Waals surface area (Å²) < 4.78 is 8.06. The lowest BCUT2D eigenvalue weighted by Gasteiger charge is -2.31. The first kappa shape index (κ1) is 57.8. The summed E-state index contributed by atoms with van der Waals surface area (Å²) in [4.78, 5) is 55.6. The van der Waals surface area contributed by atoms with E-state index in [0.717, 1.165) is 113 Å². The molecule has 10 N–H and O–H groups in total. The Morgan fingerprint density at radius 2 is 0.977 bits per heavy atom. The van der Waals surface area contributed by atoms with Gasteiger partial charge in [-0.3, -0.25) is 0 Å². The van der Waals surface area contributed by atoms with Crippen LogP contribution < -0.4 is 31.9 Å². The van der Waals surface area contributed by atoms with Crippen molar-refractivity contribution in [3.63, 3.8) is 0 Å². The van der Waals surface area contributed by atoms with E-state index in [4.69, 9.17) is 46.5 Å². The average molecular weight is 1210 g/mol. The lowest BCUT2D eigenvalue weighted by atomic mass is 9.91. The van der Waals surface area contributed by atoms with Crippen LogP contribution in [0.1, 0.15) is 138 Å². The molecular formula is C55H74ClN27O4. The number of imidazole rings is 4. The van der Waals surface area contributed by atoms with E-state index in [1.807, 2.05) is 29.7 Å². The molecule has 31 nitrogen and oxygen atoms in total. The van der Waals surface area contributed by atoms with Gasteiger partial charge in [-0.15, -0.1) is 0 Å². The summed E-state index contributed by atoms with van der Waals surface area (Å²) in [6.07, 6.45) is 23.0. The molecular weight excluding hydrogens is 1140 g/mol. The number of aromatic nitrogens is 21. The Morgan fingerprint density at radius 3 is 1.49 bits per heavy atom. The number of halogens is 1. The Bertz CT molecular complexity index is 3770. The Morgan fingerprint density at radius 1 is 0.494 bits per heavy atom. The SMILES string of the molecule is CCn1cnc(CCNc2nc(N[C@H]3CC[C@H](Nc4nc(Cl)nc(N[C@H]5CC[C@H](Nc6nc(NCCc7cn(CC)cn7)nc7c6ncn7[C@@H]6C[C@H](n7ncc(CO)n7)[C@@H](O)[C@H]6O)CC5)n4)CC3)c3ncn([C@H]4CC[C@@H](n5ncc(CO)n5)C4)c3n2)c1. The van der Waals surface area contributed by atoms with Crippen molar-refractivity contribution < 1.29 is 20.4 Å². The van der Waals surface area contributed by atoms with Gasteiger partial charge in [0.05, 0.1) is 74.4 Å². The molecule has 9 aromatic heterocycles. The van der Waals surface area contributed by atoms with Gasteiger partial charge in [-0.05, 0) is 102 Å². The molecule has 87 heavy (non-hydrogen) atoms. The molecule has 4 aliphatic carbocycles. The van der Waals surface area contributed by atoms with E-state index in [9.17, 15) is 20.4 Å². The number of nitrogens with zero attached hydrogens (tertiary/aromatic N) is 21. The van der Waals surface area contributed by atoms with E-state index in [1.54, 1.807) is 21.9 Å². The molecule has 9 aromatic rings. The quantitative estimate of drug-likeness (QED) is 0.0404. The molecule has 0 radical (unpaired) electrons. The molecule has 4 aliphatic rings. The number of hydrogen-bond acceptors (Lipinski definition) is 25. The van der Waals surface area contributed by atoms with Gasteiger partial charge in [0.25, 0.3) is 0 Å². The van der Waals surface area contributed by atoms with Crippen LogP contribution in [0.3, 0.4) is 0 Å². The molecule has 0 bridgehead atoms. The van der Waals surface area contributed by atoms with Gasteiger partial charge in [-0.25, -0.2) is 19.9 Å². The predicted molar refractivity (Wildman–Crippen MR) is 321 cm³/mol. The highest BCUT2D eigenvalue weighted by atomic mass is 35.5. The minimum absolute atomic E-state index is 0.0548. The number of anilines is 6. The zero-order valence-corrected chi connectivity index (χ0v) is 49.3. The molecule has 0 aromatic carbocycles. The number of nitrogens with one attached hydrogen (secondary N) is 6. The summed E-state index contributed by atoms with van der Waals surface area (Å²) in [5, 5.41) is 80.9. The number of aliphatic hydroxyl groups is 4. The van der Waals surface area contributed by atoms with Crippen molar-refractivity contribution in [1.82, 2.24) is 103 Å². The summed E-state index contributed by atoms with van der Waals surface area (Å²) in [6, 6.07) is -0.619. The molecule has 0 aliphatic heterocycles. The molecule has 0 saturated heterocycles. The molecule has 0 unspecified atom stereocenters. The largest absolute Gasteiger partial charge is 0.390 e. The third kappa shape index (κ3) is 12.8. The van der Waals surface area contributed by atoms with E-state index >= 15 is 0 Å². The minimum atomic E-state index is -1.17. The maximum atomic E-state index is 11.4. The van der Waals surface area contributed by atoms with Crippen molar-refractivity contribution >= 4 is 69.4 Å². The maximum Gasteiger partial charge on any atom is 0.229 e. The van der Waals surface area contributed by atoms with Crippen molar-refractivity contribution in [2.45, 2.75) is 191 Å². The van der Waals surface area contributed by atoms with E-state index in [-0.39, 0.29) is 54.7 Å². The number of fused-ring (bicyclic) bond motifs is 2. The molecule has 9 heterocycles. The highest BCUT2D eigenvalue weighted by Crippen LogP contribution is 2.41. The van der Waals surface area contributed by atoms with Gasteiger partial charge in [0.2, 0.25) is 29.1 Å². The van der Waals surface area contributed by atoms with Crippen LogP contribution in [0.15, 0.2) is 50.1 Å². The van der Waals surface area contributed by atoms with Crippen LogP contribution in [0.25, 0.3) is 22.3 Å². The second-order valence-corrected chi connectivity index (χ2v) is 23.5. The number of aliphatic hydroxyl groups excluding tert-OH is 4. The summed E-state index contributed by atoms with van der Waals surface area (Å²) in [5.41, 5.74) is 5.40. The fourth-order valence-electron chi connectivity index (χ4n) is 12.7. The first-order chi connectivity index (χ1) is 42.5. The minimum Gasteiger partial charge on any atom is -0.390 e. The standard InChI is InChI=1S/C55H74ClN27O4/c1-3-78-23-35(59-27-78)15-17-57-52-69-47(43-49(71-52)80(29-61-43)39-13-14-40(19-39)82-63-21-37(25-84)76-82)65-31-5-9-33(10-6-31)67-54-73-51(56)74-55(75-54)68-34-11-7-32(8-12-34)66-48-44-50(72-53(70-48)58-18-16-36-24-79(4-2)28-60-36)81(30-62-44)41-20-42(46(87)45(41)86)83-64-22-38(26-85)77-83/h21-24,27-34,39-42,45-46,84-87H,3-20,25-26H2,1-2H3,(H2,57,65,69,71)(H2,58,66,70,72)(H2,67,68,73,74,75)/t31-,32-,33-,34-,39-,40+,41+,42-,45-,46+/m0/s1. The molecule has 13 rings (SSSR count). The van der Waals surface area contributed by atoms with Gasteiger partial charge < -0.3 is 70.6 Å². The number of hydrogen-bond donors (Lipinski definition) is 10. The molecule has 4 fully saturated rings. The van der Waals surface area contributed by atoms with E-state index in [1.165, 1.54) is 11.0 Å². The van der Waals surface area contributed by atoms with Gasteiger partial charge >= 0.3 is 0 Å². The van der Waals surface area contributed by atoms with Gasteiger partial charge in [0, 0.05) is 81.6 Å². The lowest BCUT2D eigenvalue weighted by molar-refractivity contribution is 0.00491. The Labute approximate surface area is 504 Å².